The Morgan fingerprint density at radius 2 is 2.06 bits per heavy atom. The van der Waals surface area contributed by atoms with Crippen LogP contribution in [-0.4, -0.2) is 19.2 Å². The molecule has 98 valence electrons. The molecule has 0 atom stereocenters. The monoisotopic (exact) mass is 266 g/mol. The Morgan fingerprint density at radius 1 is 1.28 bits per heavy atom. The number of fused-ring (bicyclic) bond motifs is 1. The standard InChI is InChI=1S/C13H18N2O2S/c1-3-5-10-9-14-13-7-6-11(8-12(10)13)15-18(16,17)4-2/h6-9,14-15H,3-5H2,1-2H3. The summed E-state index contributed by atoms with van der Waals surface area (Å²) in [6.45, 7) is 3.75. The quantitative estimate of drug-likeness (QED) is 0.874. The van der Waals surface area contributed by atoms with Crippen LogP contribution in [0.2, 0.25) is 0 Å². The Hall–Kier alpha value is -1.49. The third kappa shape index (κ3) is 2.67. The summed E-state index contributed by atoms with van der Waals surface area (Å²) in [4.78, 5) is 3.20. The average molecular weight is 266 g/mol. The normalized spacial score (nSPS) is 11.9. The minimum atomic E-state index is -3.21. The number of rotatable bonds is 5. The molecular weight excluding hydrogens is 248 g/mol. The van der Waals surface area contributed by atoms with Gasteiger partial charge in [0.15, 0.2) is 0 Å². The molecule has 2 N–H and O–H groups in total. The third-order valence-corrected chi connectivity index (χ3v) is 4.25. The molecule has 0 amide bonds. The minimum Gasteiger partial charge on any atom is -0.361 e. The zero-order valence-electron chi connectivity index (χ0n) is 10.7. The zero-order valence-corrected chi connectivity index (χ0v) is 11.5. The summed E-state index contributed by atoms with van der Waals surface area (Å²) in [6, 6.07) is 5.58. The van der Waals surface area contributed by atoms with E-state index in [-0.39, 0.29) is 5.75 Å². The number of H-pyrrole nitrogens is 1. The van der Waals surface area contributed by atoms with Crippen molar-refractivity contribution < 1.29 is 8.42 Å². The van der Waals surface area contributed by atoms with Crippen LogP contribution in [0.15, 0.2) is 24.4 Å². The number of benzene rings is 1. The van der Waals surface area contributed by atoms with Crippen molar-refractivity contribution in [1.29, 1.82) is 0 Å². The van der Waals surface area contributed by atoms with E-state index in [9.17, 15) is 8.42 Å². The van der Waals surface area contributed by atoms with Crippen molar-refractivity contribution in [3.63, 3.8) is 0 Å². The van der Waals surface area contributed by atoms with Gasteiger partial charge < -0.3 is 4.98 Å². The van der Waals surface area contributed by atoms with E-state index in [2.05, 4.69) is 16.6 Å². The van der Waals surface area contributed by atoms with Gasteiger partial charge in [0.05, 0.1) is 5.75 Å². The van der Waals surface area contributed by atoms with Gasteiger partial charge in [-0.05, 0) is 37.1 Å². The fraction of sp³-hybridized carbons (Fsp3) is 0.385. The highest BCUT2D eigenvalue weighted by Gasteiger charge is 2.09. The van der Waals surface area contributed by atoms with E-state index in [1.807, 2.05) is 18.3 Å². The molecule has 0 saturated carbocycles. The molecule has 2 aromatic rings. The van der Waals surface area contributed by atoms with Crippen LogP contribution in [-0.2, 0) is 16.4 Å². The van der Waals surface area contributed by atoms with Gasteiger partial charge in [0.25, 0.3) is 0 Å². The average Bonchev–Trinajstić information content (AvgIpc) is 2.72. The molecule has 1 aromatic carbocycles. The molecule has 0 saturated heterocycles. The van der Waals surface area contributed by atoms with E-state index >= 15 is 0 Å². The van der Waals surface area contributed by atoms with Crippen molar-refractivity contribution in [2.75, 3.05) is 10.5 Å². The van der Waals surface area contributed by atoms with Gasteiger partial charge in [0.2, 0.25) is 10.0 Å². The molecule has 0 aliphatic rings. The van der Waals surface area contributed by atoms with Crippen LogP contribution in [0.5, 0.6) is 0 Å². The maximum Gasteiger partial charge on any atom is 0.232 e. The Bertz CT molecular complexity index is 644. The van der Waals surface area contributed by atoms with Gasteiger partial charge in [-0.1, -0.05) is 13.3 Å². The Labute approximate surface area is 107 Å². The molecule has 5 heteroatoms. The zero-order chi connectivity index (χ0) is 13.2. The third-order valence-electron chi connectivity index (χ3n) is 2.94. The fourth-order valence-corrected chi connectivity index (χ4v) is 2.60. The van der Waals surface area contributed by atoms with Gasteiger partial charge in [0, 0.05) is 22.8 Å². The first kappa shape index (κ1) is 13.0. The first-order chi connectivity index (χ1) is 8.55. The lowest BCUT2D eigenvalue weighted by atomic mass is 10.1. The van der Waals surface area contributed by atoms with Gasteiger partial charge in [-0.25, -0.2) is 8.42 Å². The number of nitrogens with one attached hydrogen (secondary N) is 2. The van der Waals surface area contributed by atoms with Crippen LogP contribution < -0.4 is 4.72 Å². The molecule has 4 nitrogen and oxygen atoms in total. The highest BCUT2D eigenvalue weighted by atomic mass is 32.2. The van der Waals surface area contributed by atoms with Crippen molar-refractivity contribution in [3.05, 3.63) is 30.0 Å². The number of anilines is 1. The van der Waals surface area contributed by atoms with Gasteiger partial charge in [-0.2, -0.15) is 0 Å². The number of sulfonamides is 1. The molecular formula is C13H18N2O2S. The highest BCUT2D eigenvalue weighted by molar-refractivity contribution is 7.92. The van der Waals surface area contributed by atoms with Crippen molar-refractivity contribution >= 4 is 26.6 Å². The van der Waals surface area contributed by atoms with Crippen molar-refractivity contribution in [3.8, 4) is 0 Å². The Balaban J connectivity index is 2.39. The fourth-order valence-electron chi connectivity index (χ4n) is 1.97. The van der Waals surface area contributed by atoms with Crippen LogP contribution in [0.3, 0.4) is 0 Å². The number of aromatic amines is 1. The predicted molar refractivity (Wildman–Crippen MR) is 75.4 cm³/mol. The summed E-state index contributed by atoms with van der Waals surface area (Å²) in [5.74, 6) is 0.0833. The van der Waals surface area contributed by atoms with E-state index in [0.717, 1.165) is 23.7 Å². The molecule has 2 rings (SSSR count). The lowest BCUT2D eigenvalue weighted by molar-refractivity contribution is 0.602. The summed E-state index contributed by atoms with van der Waals surface area (Å²) >= 11 is 0. The molecule has 0 radical (unpaired) electrons. The number of hydrogen-bond acceptors (Lipinski definition) is 2. The van der Waals surface area contributed by atoms with Crippen LogP contribution in [0.4, 0.5) is 5.69 Å². The molecule has 0 unspecified atom stereocenters. The summed E-state index contributed by atoms with van der Waals surface area (Å²) in [7, 11) is -3.21. The van der Waals surface area contributed by atoms with E-state index in [1.165, 1.54) is 5.56 Å². The molecule has 0 spiro atoms. The molecule has 0 aliphatic heterocycles. The number of hydrogen-bond donors (Lipinski definition) is 2. The van der Waals surface area contributed by atoms with E-state index in [1.54, 1.807) is 13.0 Å². The highest BCUT2D eigenvalue weighted by Crippen LogP contribution is 2.23. The second-order valence-electron chi connectivity index (χ2n) is 4.33. The topological polar surface area (TPSA) is 62.0 Å². The lowest BCUT2D eigenvalue weighted by Crippen LogP contribution is -2.14. The largest absolute Gasteiger partial charge is 0.361 e. The first-order valence-electron chi connectivity index (χ1n) is 6.16. The Kier molecular flexibility index (Phi) is 3.61. The Morgan fingerprint density at radius 3 is 2.72 bits per heavy atom. The maximum absolute atomic E-state index is 11.5. The van der Waals surface area contributed by atoms with Crippen LogP contribution in [0, 0.1) is 0 Å². The lowest BCUT2D eigenvalue weighted by Gasteiger charge is -2.06. The molecule has 0 aliphatic carbocycles. The number of aromatic nitrogens is 1. The van der Waals surface area contributed by atoms with Gasteiger partial charge in [-0.3, -0.25) is 4.72 Å². The van der Waals surface area contributed by atoms with Gasteiger partial charge >= 0.3 is 0 Å². The van der Waals surface area contributed by atoms with Gasteiger partial charge in [-0.15, -0.1) is 0 Å². The minimum absolute atomic E-state index is 0.0833. The number of aryl methyl sites for hydroxylation is 1. The summed E-state index contributed by atoms with van der Waals surface area (Å²) < 4.78 is 25.6. The SMILES string of the molecule is CCCc1c[nH]c2ccc(NS(=O)(=O)CC)cc12. The van der Waals surface area contributed by atoms with E-state index < -0.39 is 10.0 Å². The molecule has 0 fully saturated rings. The van der Waals surface area contributed by atoms with Crippen molar-refractivity contribution in [2.45, 2.75) is 26.7 Å². The van der Waals surface area contributed by atoms with Crippen LogP contribution in [0.25, 0.3) is 10.9 Å². The summed E-state index contributed by atoms with van der Waals surface area (Å²) in [5, 5.41) is 1.09. The molecule has 1 aromatic heterocycles. The summed E-state index contributed by atoms with van der Waals surface area (Å²) in [5.41, 5.74) is 2.89. The van der Waals surface area contributed by atoms with Gasteiger partial charge in [0.1, 0.15) is 0 Å². The maximum atomic E-state index is 11.5. The first-order valence-corrected chi connectivity index (χ1v) is 7.81. The van der Waals surface area contributed by atoms with E-state index in [0.29, 0.717) is 5.69 Å². The molecule has 18 heavy (non-hydrogen) atoms. The summed E-state index contributed by atoms with van der Waals surface area (Å²) in [6.07, 6.45) is 4.05. The van der Waals surface area contributed by atoms with Crippen LogP contribution in [0.1, 0.15) is 25.8 Å². The van der Waals surface area contributed by atoms with Crippen LogP contribution >= 0.6 is 0 Å². The second-order valence-corrected chi connectivity index (χ2v) is 6.34. The smallest absolute Gasteiger partial charge is 0.232 e. The van der Waals surface area contributed by atoms with E-state index in [4.69, 9.17) is 0 Å². The molecule has 1 heterocycles. The van der Waals surface area contributed by atoms with Crippen molar-refractivity contribution in [2.24, 2.45) is 0 Å². The molecule has 0 bridgehead atoms. The predicted octanol–water partition coefficient (Wildman–Crippen LogP) is 2.88. The van der Waals surface area contributed by atoms with Crippen molar-refractivity contribution in [1.82, 2.24) is 4.98 Å². The second kappa shape index (κ2) is 5.02.